The summed E-state index contributed by atoms with van der Waals surface area (Å²) in [6.07, 6.45) is 2.19. The van der Waals surface area contributed by atoms with Crippen LogP contribution in [0.25, 0.3) is 0 Å². The zero-order chi connectivity index (χ0) is 21.7. The molecule has 1 aliphatic heterocycles. The molecule has 0 bridgehead atoms. The van der Waals surface area contributed by atoms with Crippen LogP contribution in [0.5, 0.6) is 5.75 Å². The van der Waals surface area contributed by atoms with Crippen molar-refractivity contribution in [2.45, 2.75) is 39.3 Å². The van der Waals surface area contributed by atoms with Gasteiger partial charge in [0.15, 0.2) is 19.0 Å². The number of carbonyl (C=O) groups excluding carboxylic acids is 2. The van der Waals surface area contributed by atoms with E-state index >= 15 is 0 Å². The van der Waals surface area contributed by atoms with Crippen LogP contribution in [0.4, 0.5) is 5.69 Å². The summed E-state index contributed by atoms with van der Waals surface area (Å²) in [7, 11) is 0. The van der Waals surface area contributed by atoms with Crippen molar-refractivity contribution in [3.63, 3.8) is 0 Å². The summed E-state index contributed by atoms with van der Waals surface area (Å²) in [5.41, 5.74) is 2.00. The Kier molecular flexibility index (Phi) is 6.83. The van der Waals surface area contributed by atoms with Gasteiger partial charge >= 0.3 is 11.7 Å². The van der Waals surface area contributed by atoms with Crippen LogP contribution < -0.4 is 4.74 Å². The fraction of sp³-hybridized carbons (Fsp3) is 0.429. The van der Waals surface area contributed by atoms with E-state index in [2.05, 4.69) is 0 Å². The maximum absolute atomic E-state index is 12.5. The number of para-hydroxylation sites is 2. The van der Waals surface area contributed by atoms with Crippen molar-refractivity contribution in [3.05, 3.63) is 57.4 Å². The van der Waals surface area contributed by atoms with Crippen molar-refractivity contribution in [2.24, 2.45) is 0 Å². The lowest BCUT2D eigenvalue weighted by Crippen LogP contribution is -2.20. The fourth-order valence-corrected chi connectivity index (χ4v) is 3.49. The first-order chi connectivity index (χ1) is 14.4. The van der Waals surface area contributed by atoms with Crippen LogP contribution in [0.2, 0.25) is 0 Å². The zero-order valence-electron chi connectivity index (χ0n) is 17.0. The third-order valence-electron chi connectivity index (χ3n) is 5.06. The third-order valence-corrected chi connectivity index (χ3v) is 5.06. The lowest BCUT2D eigenvalue weighted by Gasteiger charge is -2.14. The SMILES string of the molecule is Cc1cc(C(=O)COC(=O)COc2ccccc2[N+](=O)[O-])c(C)n1C[C@H]1CCCO1. The first kappa shape index (κ1) is 21.5. The number of esters is 1. The molecule has 0 saturated carbocycles. The summed E-state index contributed by atoms with van der Waals surface area (Å²) in [6, 6.07) is 7.50. The molecule has 0 spiro atoms. The Bertz CT molecular complexity index is 945. The van der Waals surface area contributed by atoms with Crippen LogP contribution >= 0.6 is 0 Å². The molecule has 1 aliphatic rings. The number of nitro groups is 1. The monoisotopic (exact) mass is 416 g/mol. The molecule has 1 aromatic heterocycles. The Morgan fingerprint density at radius 3 is 2.73 bits per heavy atom. The van der Waals surface area contributed by atoms with Crippen molar-refractivity contribution in [2.75, 3.05) is 19.8 Å². The van der Waals surface area contributed by atoms with Crippen LogP contribution in [0.3, 0.4) is 0 Å². The van der Waals surface area contributed by atoms with E-state index < -0.39 is 24.1 Å². The van der Waals surface area contributed by atoms with E-state index in [9.17, 15) is 19.7 Å². The molecule has 0 unspecified atom stereocenters. The Morgan fingerprint density at radius 2 is 2.03 bits per heavy atom. The molecule has 1 atom stereocenters. The van der Waals surface area contributed by atoms with Gasteiger partial charge < -0.3 is 18.8 Å². The van der Waals surface area contributed by atoms with E-state index in [1.54, 1.807) is 12.1 Å². The average Bonchev–Trinajstić information content (AvgIpc) is 3.34. The minimum Gasteiger partial charge on any atom is -0.475 e. The first-order valence-electron chi connectivity index (χ1n) is 9.70. The number of aryl methyl sites for hydroxylation is 1. The Labute approximate surface area is 173 Å². The minimum atomic E-state index is -0.783. The third kappa shape index (κ3) is 5.04. The average molecular weight is 416 g/mol. The van der Waals surface area contributed by atoms with Gasteiger partial charge in [-0.05, 0) is 38.8 Å². The van der Waals surface area contributed by atoms with Gasteiger partial charge in [0.2, 0.25) is 5.78 Å². The summed E-state index contributed by atoms with van der Waals surface area (Å²) < 4.78 is 17.9. The number of nitrogens with zero attached hydrogens (tertiary/aromatic N) is 2. The molecule has 1 aromatic carbocycles. The molecule has 1 saturated heterocycles. The number of carbonyl (C=O) groups is 2. The molecule has 2 aromatic rings. The van der Waals surface area contributed by atoms with Crippen molar-refractivity contribution >= 4 is 17.4 Å². The van der Waals surface area contributed by atoms with Crippen LogP contribution in [-0.2, 0) is 20.8 Å². The van der Waals surface area contributed by atoms with Gasteiger partial charge in [0, 0.05) is 36.2 Å². The number of ketones is 1. The number of aromatic nitrogens is 1. The molecular formula is C21H24N2O7. The van der Waals surface area contributed by atoms with E-state index in [4.69, 9.17) is 14.2 Å². The number of hydrogen-bond acceptors (Lipinski definition) is 7. The normalized spacial score (nSPS) is 15.7. The molecule has 0 aliphatic carbocycles. The quantitative estimate of drug-likeness (QED) is 0.267. The number of nitro benzene ring substituents is 1. The molecule has 0 radical (unpaired) electrons. The maximum Gasteiger partial charge on any atom is 0.344 e. The predicted octanol–water partition coefficient (Wildman–Crippen LogP) is 3.00. The van der Waals surface area contributed by atoms with Gasteiger partial charge in [0.25, 0.3) is 0 Å². The highest BCUT2D eigenvalue weighted by molar-refractivity contribution is 5.99. The molecule has 0 amide bonds. The summed E-state index contributed by atoms with van der Waals surface area (Å²) in [5.74, 6) is -1.14. The second-order valence-corrected chi connectivity index (χ2v) is 7.13. The highest BCUT2D eigenvalue weighted by Gasteiger charge is 2.22. The Hall–Kier alpha value is -3.20. The highest BCUT2D eigenvalue weighted by Crippen LogP contribution is 2.25. The van der Waals surface area contributed by atoms with Gasteiger partial charge in [-0.2, -0.15) is 0 Å². The molecule has 9 nitrogen and oxygen atoms in total. The largest absolute Gasteiger partial charge is 0.475 e. The van der Waals surface area contributed by atoms with Gasteiger partial charge in [-0.3, -0.25) is 14.9 Å². The molecule has 0 N–H and O–H groups in total. The molecule has 3 rings (SSSR count). The lowest BCUT2D eigenvalue weighted by molar-refractivity contribution is -0.385. The molecule has 30 heavy (non-hydrogen) atoms. The van der Waals surface area contributed by atoms with E-state index in [0.29, 0.717) is 12.1 Å². The van der Waals surface area contributed by atoms with E-state index in [-0.39, 0.29) is 23.3 Å². The van der Waals surface area contributed by atoms with Gasteiger partial charge in [-0.25, -0.2) is 4.79 Å². The Balaban J connectivity index is 1.54. The molecule has 1 fully saturated rings. The fourth-order valence-electron chi connectivity index (χ4n) is 3.49. The summed E-state index contributed by atoms with van der Waals surface area (Å²) in [6.45, 7) is 4.27. The van der Waals surface area contributed by atoms with E-state index in [0.717, 1.165) is 30.8 Å². The topological polar surface area (TPSA) is 110 Å². The van der Waals surface area contributed by atoms with Crippen LogP contribution in [0, 0.1) is 24.0 Å². The summed E-state index contributed by atoms with van der Waals surface area (Å²) in [5, 5.41) is 11.0. The second-order valence-electron chi connectivity index (χ2n) is 7.13. The smallest absolute Gasteiger partial charge is 0.344 e. The standard InChI is InChI=1S/C21H24N2O7/c1-14-10-17(15(2)22(14)11-16-6-5-9-28-16)19(24)12-30-21(25)13-29-20-8-4-3-7-18(20)23(26)27/h3-4,7-8,10,16H,5-6,9,11-13H2,1-2H3/t16-/m1/s1. The summed E-state index contributed by atoms with van der Waals surface area (Å²) in [4.78, 5) is 34.8. The highest BCUT2D eigenvalue weighted by atomic mass is 16.6. The maximum atomic E-state index is 12.5. The minimum absolute atomic E-state index is 0.0385. The van der Waals surface area contributed by atoms with Gasteiger partial charge in [0.05, 0.1) is 11.0 Å². The van der Waals surface area contributed by atoms with E-state index in [1.165, 1.54) is 18.2 Å². The van der Waals surface area contributed by atoms with Gasteiger partial charge in [-0.1, -0.05) is 12.1 Å². The van der Waals surface area contributed by atoms with Crippen molar-refractivity contribution in [1.82, 2.24) is 4.57 Å². The molecule has 160 valence electrons. The van der Waals surface area contributed by atoms with Crippen LogP contribution in [0.15, 0.2) is 30.3 Å². The van der Waals surface area contributed by atoms with Gasteiger partial charge in [-0.15, -0.1) is 0 Å². The zero-order valence-corrected chi connectivity index (χ0v) is 17.0. The summed E-state index contributed by atoms with van der Waals surface area (Å²) >= 11 is 0. The Morgan fingerprint density at radius 1 is 1.27 bits per heavy atom. The molecule has 2 heterocycles. The van der Waals surface area contributed by atoms with Crippen molar-refractivity contribution < 1.29 is 28.7 Å². The lowest BCUT2D eigenvalue weighted by atomic mass is 10.1. The number of hydrogen-bond donors (Lipinski definition) is 0. The van der Waals surface area contributed by atoms with Gasteiger partial charge in [0.1, 0.15) is 0 Å². The molecular weight excluding hydrogens is 392 g/mol. The number of benzene rings is 1. The molecule has 9 heteroatoms. The van der Waals surface area contributed by atoms with Crippen LogP contribution in [0.1, 0.15) is 34.6 Å². The second kappa shape index (κ2) is 9.53. The van der Waals surface area contributed by atoms with Crippen molar-refractivity contribution in [3.8, 4) is 5.75 Å². The number of Topliss-reactive ketones (excluding diaryl/α,β-unsaturated/α-hetero) is 1. The predicted molar refractivity (Wildman–Crippen MR) is 107 cm³/mol. The van der Waals surface area contributed by atoms with E-state index in [1.807, 2.05) is 18.4 Å². The number of ether oxygens (including phenoxy) is 3. The van der Waals surface area contributed by atoms with Crippen LogP contribution in [-0.4, -0.2) is 47.2 Å². The first-order valence-corrected chi connectivity index (χ1v) is 9.70. The number of rotatable bonds is 9. The van der Waals surface area contributed by atoms with Crippen molar-refractivity contribution in [1.29, 1.82) is 0 Å².